The molecule has 1 nitrogen and oxygen atoms in total. The van der Waals surface area contributed by atoms with Crippen LogP contribution in [0.3, 0.4) is 0 Å². The van der Waals surface area contributed by atoms with Gasteiger partial charge in [0.15, 0.2) is 0 Å². The van der Waals surface area contributed by atoms with Crippen LogP contribution in [0, 0.1) is 5.41 Å². The highest BCUT2D eigenvalue weighted by Crippen LogP contribution is 2.41. The summed E-state index contributed by atoms with van der Waals surface area (Å²) in [4.78, 5) is 5.68. The molecule has 0 saturated carbocycles. The minimum atomic E-state index is 0.134. The Morgan fingerprint density at radius 1 is 1.00 bits per heavy atom. The van der Waals surface area contributed by atoms with Crippen LogP contribution in [-0.2, 0) is 0 Å². The Bertz CT molecular complexity index is 258. The second-order valence-electron chi connectivity index (χ2n) is 5.70. The fraction of sp³-hybridized carbons (Fsp3) is 0.882. The lowest BCUT2D eigenvalue weighted by atomic mass is 9.69. The number of thiocarbonyl (C=S) groups is 1. The Hall–Kier alpha value is -0.240. The van der Waals surface area contributed by atoms with Crippen LogP contribution in [0.4, 0.5) is 0 Å². The minimum Gasteiger partial charge on any atom is -0.288 e. The van der Waals surface area contributed by atoms with Crippen LogP contribution >= 0.6 is 12.2 Å². The molecule has 1 aliphatic rings. The first-order chi connectivity index (χ1) is 8.58. The van der Waals surface area contributed by atoms with Gasteiger partial charge in [0, 0.05) is 5.71 Å². The van der Waals surface area contributed by atoms with Crippen molar-refractivity contribution in [3.05, 3.63) is 0 Å². The van der Waals surface area contributed by atoms with E-state index in [0.717, 1.165) is 4.86 Å². The molecule has 1 rings (SSSR count). The van der Waals surface area contributed by atoms with Crippen LogP contribution < -0.4 is 0 Å². The summed E-state index contributed by atoms with van der Waals surface area (Å²) in [6.45, 7) is 23.0. The van der Waals surface area contributed by atoms with E-state index in [2.05, 4.69) is 51.8 Å². The Morgan fingerprint density at radius 3 is 1.53 bits per heavy atom. The third-order valence-corrected chi connectivity index (χ3v) is 3.24. The zero-order chi connectivity index (χ0) is 16.3. The highest BCUT2D eigenvalue weighted by molar-refractivity contribution is 7.80. The van der Waals surface area contributed by atoms with Crippen LogP contribution in [0.15, 0.2) is 4.99 Å². The van der Waals surface area contributed by atoms with Gasteiger partial charge in [0.25, 0.3) is 0 Å². The highest BCUT2D eigenvalue weighted by Gasteiger charge is 2.38. The summed E-state index contributed by atoms with van der Waals surface area (Å²) in [5.74, 6) is 0. The van der Waals surface area contributed by atoms with E-state index >= 15 is 0 Å². The molecular weight excluding hydrogens is 250 g/mol. The Labute approximate surface area is 128 Å². The van der Waals surface area contributed by atoms with E-state index in [-0.39, 0.29) is 5.54 Å². The molecule has 2 heteroatoms. The SMILES string of the molecule is CC.CC.CC(C)=S.CC1=NC(C)(C)C(C)(C)CC1. The van der Waals surface area contributed by atoms with E-state index in [4.69, 9.17) is 0 Å². The maximum Gasteiger partial charge on any atom is 0.0602 e. The van der Waals surface area contributed by atoms with Crippen LogP contribution in [0.1, 0.15) is 89.0 Å². The molecule has 0 saturated heterocycles. The molecule has 0 atom stereocenters. The van der Waals surface area contributed by atoms with Crippen molar-refractivity contribution < 1.29 is 0 Å². The molecule has 0 aliphatic carbocycles. The van der Waals surface area contributed by atoms with Crippen LogP contribution in [-0.4, -0.2) is 16.1 Å². The lowest BCUT2D eigenvalue weighted by Crippen LogP contribution is -2.41. The van der Waals surface area contributed by atoms with Crippen molar-refractivity contribution in [2.24, 2.45) is 10.4 Å². The molecular formula is C17H37NS. The minimum absolute atomic E-state index is 0.134. The molecule has 0 N–H and O–H groups in total. The van der Waals surface area contributed by atoms with Crippen molar-refractivity contribution in [2.45, 2.75) is 94.5 Å². The van der Waals surface area contributed by atoms with Gasteiger partial charge < -0.3 is 0 Å². The average Bonchev–Trinajstić information content (AvgIpc) is 2.29. The number of nitrogens with zero attached hydrogens (tertiary/aromatic N) is 1. The van der Waals surface area contributed by atoms with Crippen molar-refractivity contribution in [1.29, 1.82) is 0 Å². The zero-order valence-electron chi connectivity index (χ0n) is 15.3. The fourth-order valence-electron chi connectivity index (χ4n) is 1.48. The number of rotatable bonds is 0. The molecule has 0 spiro atoms. The Morgan fingerprint density at radius 2 is 1.32 bits per heavy atom. The van der Waals surface area contributed by atoms with Gasteiger partial charge in [0.2, 0.25) is 0 Å². The highest BCUT2D eigenvalue weighted by atomic mass is 32.1. The quantitative estimate of drug-likeness (QED) is 0.463. The van der Waals surface area contributed by atoms with Gasteiger partial charge in [-0.15, -0.1) is 0 Å². The molecule has 0 radical (unpaired) electrons. The van der Waals surface area contributed by atoms with E-state index < -0.39 is 0 Å². The molecule has 116 valence electrons. The molecule has 0 unspecified atom stereocenters. The molecule has 0 fully saturated rings. The maximum absolute atomic E-state index is 4.68. The van der Waals surface area contributed by atoms with Crippen molar-refractivity contribution >= 4 is 22.8 Å². The summed E-state index contributed by atoms with van der Waals surface area (Å²) in [5.41, 5.74) is 1.82. The van der Waals surface area contributed by atoms with E-state index in [1.54, 1.807) is 0 Å². The molecule has 1 heterocycles. The first-order valence-corrected chi connectivity index (χ1v) is 8.02. The maximum atomic E-state index is 4.68. The van der Waals surface area contributed by atoms with Crippen molar-refractivity contribution in [2.75, 3.05) is 0 Å². The van der Waals surface area contributed by atoms with Gasteiger partial charge in [-0.05, 0) is 57.7 Å². The molecule has 0 bridgehead atoms. The second kappa shape index (κ2) is 11.6. The molecule has 1 aliphatic heterocycles. The molecule has 0 aromatic carbocycles. The smallest absolute Gasteiger partial charge is 0.0602 e. The number of aliphatic imine (C=N–C) groups is 1. The van der Waals surface area contributed by atoms with E-state index in [9.17, 15) is 0 Å². The normalized spacial score (nSPS) is 18.2. The van der Waals surface area contributed by atoms with E-state index in [0.29, 0.717) is 5.41 Å². The van der Waals surface area contributed by atoms with Gasteiger partial charge >= 0.3 is 0 Å². The van der Waals surface area contributed by atoms with Crippen LogP contribution in [0.25, 0.3) is 0 Å². The van der Waals surface area contributed by atoms with Gasteiger partial charge in [-0.1, -0.05) is 53.8 Å². The summed E-state index contributed by atoms with van der Waals surface area (Å²) in [7, 11) is 0. The van der Waals surface area contributed by atoms with Crippen LogP contribution in [0.2, 0.25) is 0 Å². The monoisotopic (exact) mass is 287 g/mol. The first-order valence-electron chi connectivity index (χ1n) is 7.61. The average molecular weight is 288 g/mol. The predicted octanol–water partition coefficient (Wildman–Crippen LogP) is 6.49. The summed E-state index contributed by atoms with van der Waals surface area (Å²) >= 11 is 4.54. The topological polar surface area (TPSA) is 12.4 Å². The van der Waals surface area contributed by atoms with Gasteiger partial charge in [-0.25, -0.2) is 0 Å². The molecule has 0 amide bonds. The molecule has 0 aromatic rings. The van der Waals surface area contributed by atoms with E-state index in [1.807, 2.05) is 41.5 Å². The lowest BCUT2D eigenvalue weighted by Gasteiger charge is -2.42. The summed E-state index contributed by atoms with van der Waals surface area (Å²) < 4.78 is 0. The largest absolute Gasteiger partial charge is 0.288 e. The van der Waals surface area contributed by atoms with Crippen molar-refractivity contribution in [1.82, 2.24) is 0 Å². The Kier molecular flexibility index (Phi) is 14.5. The Balaban J connectivity index is -0.000000271. The van der Waals surface area contributed by atoms with Crippen molar-refractivity contribution in [3.8, 4) is 0 Å². The standard InChI is InChI=1S/C10H19N.C3H6S.2C2H6/c1-8-6-7-9(2,3)10(4,5)11-8;1-3(2)4;2*1-2/h6-7H2,1-5H3;1-2H3;2*1-2H3. The number of hydrogen-bond acceptors (Lipinski definition) is 2. The fourth-order valence-corrected chi connectivity index (χ4v) is 1.48. The molecule has 0 aromatic heterocycles. The van der Waals surface area contributed by atoms with E-state index in [1.165, 1.54) is 18.6 Å². The van der Waals surface area contributed by atoms with Crippen LogP contribution in [0.5, 0.6) is 0 Å². The third-order valence-electron chi connectivity index (χ3n) is 3.24. The van der Waals surface area contributed by atoms with Gasteiger partial charge in [0.1, 0.15) is 0 Å². The number of hydrogen-bond donors (Lipinski definition) is 0. The first kappa shape index (κ1) is 23.8. The predicted molar refractivity (Wildman–Crippen MR) is 96.8 cm³/mol. The van der Waals surface area contributed by atoms with Crippen molar-refractivity contribution in [3.63, 3.8) is 0 Å². The summed E-state index contributed by atoms with van der Waals surface area (Å²) in [6, 6.07) is 0. The van der Waals surface area contributed by atoms with Gasteiger partial charge in [-0.3, -0.25) is 4.99 Å². The third kappa shape index (κ3) is 11.3. The summed E-state index contributed by atoms with van der Waals surface area (Å²) in [6.07, 6.45) is 2.45. The second-order valence-corrected chi connectivity index (χ2v) is 6.51. The lowest BCUT2D eigenvalue weighted by molar-refractivity contribution is 0.180. The molecule has 19 heavy (non-hydrogen) atoms. The zero-order valence-corrected chi connectivity index (χ0v) is 16.1. The summed E-state index contributed by atoms with van der Waals surface area (Å²) in [5, 5.41) is 0. The van der Waals surface area contributed by atoms with Gasteiger partial charge in [-0.2, -0.15) is 0 Å². The van der Waals surface area contributed by atoms with Gasteiger partial charge in [0.05, 0.1) is 5.54 Å².